The Labute approximate surface area is 164 Å². The topological polar surface area (TPSA) is 99.4 Å². The van der Waals surface area contributed by atoms with Crippen molar-refractivity contribution in [3.05, 3.63) is 56.2 Å². The van der Waals surface area contributed by atoms with E-state index in [2.05, 4.69) is 4.99 Å². The summed E-state index contributed by atoms with van der Waals surface area (Å²) in [7, 11) is 1.36. The summed E-state index contributed by atoms with van der Waals surface area (Å²) in [6.07, 6.45) is 0.664. The van der Waals surface area contributed by atoms with Gasteiger partial charge in [-0.1, -0.05) is 48.6 Å². The number of hydrogen-bond acceptors (Lipinski definition) is 7. The zero-order chi connectivity index (χ0) is 19.6. The first kappa shape index (κ1) is 19.5. The Bertz CT molecular complexity index is 1040. The zero-order valence-electron chi connectivity index (χ0n) is 15.1. The number of hydrogen-bond donors (Lipinski definition) is 1. The average molecular weight is 405 g/mol. The lowest BCUT2D eigenvalue weighted by Gasteiger charge is -2.15. The number of para-hydroxylation sites is 1. The van der Waals surface area contributed by atoms with Crippen LogP contribution in [-0.2, 0) is 19.3 Å². The van der Waals surface area contributed by atoms with E-state index >= 15 is 0 Å². The standard InChI is InChI=1S/C18H20N4O3S2/c1-3-8-22-15(19)14(16(24)21(2)18(22)25)13(23)10-27-17-20-12-7-5-4-6-11(12)9-26-17/h4-7H,3,8-10,19H2,1-2H3. The largest absolute Gasteiger partial charge is 0.384 e. The second-order valence-electron chi connectivity index (χ2n) is 6.07. The molecule has 0 spiro atoms. The van der Waals surface area contributed by atoms with Gasteiger partial charge >= 0.3 is 5.69 Å². The van der Waals surface area contributed by atoms with Gasteiger partial charge in [-0.05, 0) is 18.1 Å². The number of anilines is 1. The van der Waals surface area contributed by atoms with Crippen molar-refractivity contribution >= 4 is 45.2 Å². The fourth-order valence-corrected chi connectivity index (χ4v) is 4.71. The Hall–Kier alpha value is -2.26. The van der Waals surface area contributed by atoms with E-state index < -0.39 is 17.0 Å². The number of aliphatic imine (C=N–C) groups is 1. The molecule has 0 radical (unpaired) electrons. The number of carbonyl (C=O) groups excluding carboxylic acids is 1. The molecule has 1 aliphatic rings. The molecule has 0 amide bonds. The Kier molecular flexibility index (Phi) is 5.91. The van der Waals surface area contributed by atoms with Crippen LogP contribution >= 0.6 is 23.5 Å². The summed E-state index contributed by atoms with van der Waals surface area (Å²) in [6, 6.07) is 7.86. The average Bonchev–Trinajstić information content (AvgIpc) is 2.68. The van der Waals surface area contributed by atoms with Crippen molar-refractivity contribution in [2.24, 2.45) is 12.0 Å². The number of nitrogen functional groups attached to an aromatic ring is 1. The van der Waals surface area contributed by atoms with Crippen LogP contribution in [0.2, 0.25) is 0 Å². The van der Waals surface area contributed by atoms with Gasteiger partial charge in [0, 0.05) is 19.3 Å². The molecule has 0 aliphatic carbocycles. The highest BCUT2D eigenvalue weighted by Crippen LogP contribution is 2.34. The van der Waals surface area contributed by atoms with Gasteiger partial charge in [-0.25, -0.2) is 9.79 Å². The molecule has 7 nitrogen and oxygen atoms in total. The summed E-state index contributed by atoms with van der Waals surface area (Å²) < 4.78 is 2.99. The maximum Gasteiger partial charge on any atom is 0.332 e. The third-order valence-electron chi connectivity index (χ3n) is 4.19. The number of ketones is 1. The number of benzene rings is 1. The molecule has 27 heavy (non-hydrogen) atoms. The van der Waals surface area contributed by atoms with Crippen molar-refractivity contribution in [3.8, 4) is 0 Å². The van der Waals surface area contributed by atoms with Gasteiger partial charge in [0.25, 0.3) is 5.56 Å². The van der Waals surface area contributed by atoms with Crippen LogP contribution in [0.25, 0.3) is 0 Å². The number of Topliss-reactive ketones (excluding diaryl/α,β-unsaturated/α-hetero) is 1. The molecule has 0 saturated heterocycles. The van der Waals surface area contributed by atoms with E-state index in [9.17, 15) is 14.4 Å². The first-order chi connectivity index (χ1) is 12.9. The molecule has 0 atom stereocenters. The summed E-state index contributed by atoms with van der Waals surface area (Å²) in [5.41, 5.74) is 6.77. The van der Waals surface area contributed by atoms with E-state index in [1.165, 1.54) is 23.4 Å². The smallest absolute Gasteiger partial charge is 0.332 e. The Morgan fingerprint density at radius 1 is 1.33 bits per heavy atom. The third kappa shape index (κ3) is 3.89. The van der Waals surface area contributed by atoms with Crippen LogP contribution < -0.4 is 17.0 Å². The van der Waals surface area contributed by atoms with Gasteiger partial charge in [0.2, 0.25) is 0 Å². The molecule has 0 saturated carbocycles. The van der Waals surface area contributed by atoms with Gasteiger partial charge in [0.05, 0.1) is 11.4 Å². The fraction of sp³-hybridized carbons (Fsp3) is 0.333. The minimum Gasteiger partial charge on any atom is -0.384 e. The Morgan fingerprint density at radius 2 is 2.07 bits per heavy atom. The highest BCUT2D eigenvalue weighted by Gasteiger charge is 2.22. The summed E-state index contributed by atoms with van der Waals surface area (Å²) in [5.74, 6) is 0.378. The van der Waals surface area contributed by atoms with Crippen molar-refractivity contribution in [2.45, 2.75) is 25.6 Å². The fourth-order valence-electron chi connectivity index (χ4n) is 2.77. The van der Waals surface area contributed by atoms with Crippen molar-refractivity contribution in [3.63, 3.8) is 0 Å². The normalized spacial score (nSPS) is 13.2. The molecule has 1 aromatic carbocycles. The predicted molar refractivity (Wildman–Crippen MR) is 112 cm³/mol. The molecular weight excluding hydrogens is 384 g/mol. The monoisotopic (exact) mass is 404 g/mol. The summed E-state index contributed by atoms with van der Waals surface area (Å²) in [5, 5.41) is 0. The van der Waals surface area contributed by atoms with E-state index in [0.29, 0.717) is 13.0 Å². The highest BCUT2D eigenvalue weighted by atomic mass is 32.2. The predicted octanol–water partition coefficient (Wildman–Crippen LogP) is 2.39. The van der Waals surface area contributed by atoms with Crippen LogP contribution in [0.4, 0.5) is 11.5 Å². The van der Waals surface area contributed by atoms with E-state index in [4.69, 9.17) is 5.73 Å². The number of thioether (sulfide) groups is 2. The van der Waals surface area contributed by atoms with Crippen molar-refractivity contribution in [1.82, 2.24) is 9.13 Å². The van der Waals surface area contributed by atoms with Gasteiger partial charge in [0.15, 0.2) is 5.78 Å². The van der Waals surface area contributed by atoms with E-state index in [0.717, 1.165) is 25.9 Å². The molecule has 142 valence electrons. The molecule has 2 N–H and O–H groups in total. The molecule has 1 aliphatic heterocycles. The van der Waals surface area contributed by atoms with Gasteiger partial charge in [-0.2, -0.15) is 0 Å². The minimum absolute atomic E-state index is 0.0395. The maximum absolute atomic E-state index is 12.7. The first-order valence-corrected chi connectivity index (χ1v) is 10.5. The quantitative estimate of drug-likeness (QED) is 0.768. The SMILES string of the molecule is CCCn1c(N)c(C(=O)CSC2=Nc3ccccc3CS2)c(=O)n(C)c1=O. The maximum atomic E-state index is 12.7. The molecule has 9 heteroatoms. The molecule has 0 unspecified atom stereocenters. The van der Waals surface area contributed by atoms with Crippen molar-refractivity contribution in [2.75, 3.05) is 11.5 Å². The first-order valence-electron chi connectivity index (χ1n) is 8.48. The number of rotatable bonds is 5. The van der Waals surface area contributed by atoms with Gasteiger partial charge in [-0.15, -0.1) is 0 Å². The van der Waals surface area contributed by atoms with Gasteiger partial charge < -0.3 is 5.73 Å². The molecule has 1 aromatic heterocycles. The van der Waals surface area contributed by atoms with E-state index in [-0.39, 0.29) is 17.1 Å². The van der Waals surface area contributed by atoms with Crippen LogP contribution in [0.1, 0.15) is 29.3 Å². The van der Waals surface area contributed by atoms with Crippen LogP contribution in [-0.4, -0.2) is 25.0 Å². The number of aromatic nitrogens is 2. The highest BCUT2D eigenvalue weighted by molar-refractivity contribution is 8.38. The second-order valence-corrected chi connectivity index (χ2v) is 8.25. The molecule has 2 heterocycles. The number of carbonyl (C=O) groups is 1. The van der Waals surface area contributed by atoms with Crippen molar-refractivity contribution < 1.29 is 4.79 Å². The number of nitrogens with two attached hydrogens (primary N) is 1. The molecular formula is C18H20N4O3S2. The van der Waals surface area contributed by atoms with E-state index in [1.54, 1.807) is 11.8 Å². The van der Waals surface area contributed by atoms with Crippen molar-refractivity contribution in [1.29, 1.82) is 0 Å². The van der Waals surface area contributed by atoms with Crippen LogP contribution in [0.15, 0.2) is 38.8 Å². The van der Waals surface area contributed by atoms with Crippen LogP contribution in [0.5, 0.6) is 0 Å². The molecule has 2 aromatic rings. The summed E-state index contributed by atoms with van der Waals surface area (Å²) in [4.78, 5) is 41.9. The summed E-state index contributed by atoms with van der Waals surface area (Å²) >= 11 is 2.84. The second kappa shape index (κ2) is 8.18. The molecule has 0 fully saturated rings. The van der Waals surface area contributed by atoms with Crippen LogP contribution in [0, 0.1) is 0 Å². The lowest BCUT2D eigenvalue weighted by molar-refractivity contribution is 0.102. The minimum atomic E-state index is -0.654. The zero-order valence-corrected chi connectivity index (χ0v) is 16.7. The van der Waals surface area contributed by atoms with Crippen LogP contribution in [0.3, 0.4) is 0 Å². The van der Waals surface area contributed by atoms with Gasteiger partial charge in [-0.3, -0.25) is 18.7 Å². The molecule has 3 rings (SSSR count). The summed E-state index contributed by atoms with van der Waals surface area (Å²) in [6.45, 7) is 2.25. The third-order valence-corrected chi connectivity index (χ3v) is 6.44. The lowest BCUT2D eigenvalue weighted by Crippen LogP contribution is -2.42. The van der Waals surface area contributed by atoms with E-state index in [1.807, 2.05) is 31.2 Å². The Balaban J connectivity index is 1.84. The number of nitrogens with zero attached hydrogens (tertiary/aromatic N) is 3. The lowest BCUT2D eigenvalue weighted by atomic mass is 10.2. The molecule has 0 bridgehead atoms. The van der Waals surface area contributed by atoms with Gasteiger partial charge in [0.1, 0.15) is 15.8 Å². The Morgan fingerprint density at radius 3 is 2.81 bits per heavy atom. The number of fused-ring (bicyclic) bond motifs is 1.